The summed E-state index contributed by atoms with van der Waals surface area (Å²) >= 11 is 0. The van der Waals surface area contributed by atoms with E-state index < -0.39 is 11.9 Å². The van der Waals surface area contributed by atoms with Crippen molar-refractivity contribution in [3.8, 4) is 5.75 Å². The van der Waals surface area contributed by atoms with E-state index in [0.29, 0.717) is 18.0 Å². The van der Waals surface area contributed by atoms with Crippen molar-refractivity contribution in [1.82, 2.24) is 20.3 Å². The molecule has 6 N–H and O–H groups in total. The molecule has 0 fully saturated rings. The average Bonchev–Trinajstić information content (AvgIpc) is 3.32. The number of hydrogen-bond acceptors (Lipinski definition) is 7. The van der Waals surface area contributed by atoms with Crippen LogP contribution in [0, 0.1) is 6.92 Å². The summed E-state index contributed by atoms with van der Waals surface area (Å²) in [6.07, 6.45) is 2.41. The third-order valence-electron chi connectivity index (χ3n) is 5.52. The van der Waals surface area contributed by atoms with Gasteiger partial charge in [-0.1, -0.05) is 30.3 Å². The summed E-state index contributed by atoms with van der Waals surface area (Å²) in [7, 11) is 0. The average molecular weight is 489 g/mol. The number of rotatable bonds is 5. The molecule has 2 aromatic heterocycles. The van der Waals surface area contributed by atoms with Crippen LogP contribution in [-0.2, 0) is 17.9 Å². The van der Waals surface area contributed by atoms with Crippen LogP contribution in [-0.4, -0.2) is 44.4 Å². The zero-order valence-corrected chi connectivity index (χ0v) is 19.4. The number of H-pyrrole nitrogens is 1. The minimum Gasteiger partial charge on any atom is -0.482 e. The predicted octanol–water partition coefficient (Wildman–Crippen LogP) is 2.37. The molecule has 0 spiro atoms. The number of nitrogens with zero attached hydrogens (tertiary/aromatic N) is 2. The van der Waals surface area contributed by atoms with Crippen molar-refractivity contribution in [3.63, 3.8) is 0 Å². The van der Waals surface area contributed by atoms with Crippen LogP contribution in [0.25, 0.3) is 11.0 Å². The Morgan fingerprint density at radius 3 is 2.72 bits per heavy atom. The molecule has 2 amide bonds. The molecule has 0 aliphatic carbocycles. The number of aromatic nitrogens is 3. The van der Waals surface area contributed by atoms with E-state index in [9.17, 15) is 14.4 Å². The maximum atomic E-state index is 12.5. The topological polar surface area (TPSA) is 172 Å². The Bertz CT molecular complexity index is 1450. The van der Waals surface area contributed by atoms with E-state index in [-0.39, 0.29) is 41.3 Å². The van der Waals surface area contributed by atoms with E-state index in [1.54, 1.807) is 18.2 Å². The highest BCUT2D eigenvalue weighted by Gasteiger charge is 2.20. The van der Waals surface area contributed by atoms with Crippen LogP contribution in [0.2, 0.25) is 0 Å². The number of nitrogens with two attached hydrogens (primary N) is 1. The van der Waals surface area contributed by atoms with Crippen LogP contribution >= 0.6 is 0 Å². The van der Waals surface area contributed by atoms with Gasteiger partial charge in [-0.05, 0) is 35.7 Å². The van der Waals surface area contributed by atoms with Gasteiger partial charge in [0.1, 0.15) is 23.2 Å². The number of hydrogen-bond donors (Lipinski definition) is 5. The molecule has 1 aliphatic rings. The van der Waals surface area contributed by atoms with Crippen molar-refractivity contribution < 1.29 is 24.2 Å². The van der Waals surface area contributed by atoms with E-state index in [0.717, 1.165) is 11.9 Å². The maximum Gasteiger partial charge on any atom is 0.339 e. The molecule has 11 heteroatoms. The quantitative estimate of drug-likeness (QED) is 0.285. The lowest BCUT2D eigenvalue weighted by atomic mass is 10.1. The zero-order valence-electron chi connectivity index (χ0n) is 19.4. The molecular weight excluding hydrogens is 464 g/mol. The van der Waals surface area contributed by atoms with Crippen molar-refractivity contribution in [2.24, 2.45) is 5.73 Å². The number of carboxylic acid groups (broad SMARTS) is 1. The number of carbonyl (C=O) groups excluding carboxylic acids is 2. The molecule has 0 saturated carbocycles. The number of aromatic amines is 1. The molecule has 11 nitrogen and oxygen atoms in total. The number of benzene rings is 2. The number of anilines is 1. The molecule has 0 radical (unpaired) electrons. The van der Waals surface area contributed by atoms with E-state index in [2.05, 4.69) is 44.6 Å². The molecule has 5 rings (SSSR count). The second-order valence-corrected chi connectivity index (χ2v) is 7.93. The lowest BCUT2D eigenvalue weighted by Crippen LogP contribution is -2.26. The molecule has 0 atom stereocenters. The van der Waals surface area contributed by atoms with Gasteiger partial charge in [0.2, 0.25) is 0 Å². The summed E-state index contributed by atoms with van der Waals surface area (Å²) in [4.78, 5) is 45.7. The predicted molar refractivity (Wildman–Crippen MR) is 132 cm³/mol. The molecule has 0 saturated heterocycles. The van der Waals surface area contributed by atoms with Crippen LogP contribution in [0.5, 0.6) is 5.75 Å². The summed E-state index contributed by atoms with van der Waals surface area (Å²) in [6.45, 7) is 2.87. The Kier molecular flexibility index (Phi) is 7.21. The van der Waals surface area contributed by atoms with Gasteiger partial charge in [-0.2, -0.15) is 0 Å². The molecule has 0 unspecified atom stereocenters. The zero-order chi connectivity index (χ0) is 25.7. The molecule has 0 bridgehead atoms. The van der Waals surface area contributed by atoms with Gasteiger partial charge in [0.25, 0.3) is 11.8 Å². The molecule has 3 heterocycles. The van der Waals surface area contributed by atoms with Crippen molar-refractivity contribution in [1.29, 1.82) is 0 Å². The first kappa shape index (κ1) is 24.4. The van der Waals surface area contributed by atoms with Gasteiger partial charge < -0.3 is 31.2 Å². The number of amides is 2. The van der Waals surface area contributed by atoms with E-state index in [1.165, 1.54) is 17.3 Å². The largest absolute Gasteiger partial charge is 0.482 e. The second kappa shape index (κ2) is 10.7. The van der Waals surface area contributed by atoms with Crippen LogP contribution in [0.15, 0.2) is 55.0 Å². The Hall–Kier alpha value is -4.77. The first-order valence-corrected chi connectivity index (χ1v) is 11.0. The number of carbonyl (C=O) groups is 3. The fraction of sp³-hybridized carbons (Fsp3) is 0.160. The van der Waals surface area contributed by atoms with E-state index in [4.69, 9.17) is 15.6 Å². The molecule has 184 valence electrons. The summed E-state index contributed by atoms with van der Waals surface area (Å²) in [5, 5.41) is 14.6. The van der Waals surface area contributed by atoms with Crippen LogP contribution in [0.3, 0.4) is 0 Å². The Balaban J connectivity index is 0.000000286. The Labute approximate surface area is 205 Å². The SMILES string of the molecule is Cc1ccccc1CN.O=C1COc2ccc(CNC(=O)c3ncnc4c(C(=O)O)c[nH]c34)cc2N1. The smallest absolute Gasteiger partial charge is 0.339 e. The second-order valence-electron chi connectivity index (χ2n) is 7.93. The van der Waals surface area contributed by atoms with Crippen molar-refractivity contribution in [3.05, 3.63) is 82.9 Å². The minimum absolute atomic E-state index is 0.0265. The fourth-order valence-electron chi connectivity index (χ4n) is 3.62. The van der Waals surface area contributed by atoms with Gasteiger partial charge >= 0.3 is 5.97 Å². The van der Waals surface area contributed by atoms with Crippen molar-refractivity contribution >= 4 is 34.5 Å². The van der Waals surface area contributed by atoms with Gasteiger partial charge in [-0.25, -0.2) is 14.8 Å². The van der Waals surface area contributed by atoms with Gasteiger partial charge in [0.05, 0.1) is 11.2 Å². The summed E-state index contributed by atoms with van der Waals surface area (Å²) in [5.41, 5.74) is 9.67. The number of fused-ring (bicyclic) bond motifs is 2. The van der Waals surface area contributed by atoms with Crippen molar-refractivity contribution in [2.75, 3.05) is 11.9 Å². The molecular formula is C25H24N6O5. The number of carboxylic acids is 1. The number of nitrogens with one attached hydrogen (secondary N) is 3. The highest BCUT2D eigenvalue weighted by atomic mass is 16.5. The molecule has 4 aromatic rings. The first-order valence-electron chi connectivity index (χ1n) is 11.0. The standard InChI is InChI=1S/C17H13N5O5.C8H11N/c23-12-6-27-11-2-1-8(3-10(11)22-12)4-19-16(24)15-14-13(20-7-21-15)9(5-18-14)17(25)26;1-7-4-2-3-5-8(7)6-9/h1-3,5,7,18H,4,6H2,(H,19,24)(H,22,23)(H,25,26);2-5H,6,9H2,1H3. The summed E-state index contributed by atoms with van der Waals surface area (Å²) in [6, 6.07) is 13.3. The van der Waals surface area contributed by atoms with Crippen LogP contribution in [0.4, 0.5) is 5.69 Å². The Morgan fingerprint density at radius 2 is 2.00 bits per heavy atom. The summed E-state index contributed by atoms with van der Waals surface area (Å²) in [5.74, 6) is -1.31. The molecule has 1 aliphatic heterocycles. The number of aryl methyl sites for hydroxylation is 1. The number of ether oxygens (including phenoxy) is 1. The lowest BCUT2D eigenvalue weighted by molar-refractivity contribution is -0.118. The Morgan fingerprint density at radius 1 is 1.19 bits per heavy atom. The van der Waals surface area contributed by atoms with E-state index in [1.807, 2.05) is 12.1 Å². The lowest BCUT2D eigenvalue weighted by Gasteiger charge is -2.18. The van der Waals surface area contributed by atoms with Crippen LogP contribution < -0.4 is 21.1 Å². The summed E-state index contributed by atoms with van der Waals surface area (Å²) < 4.78 is 5.29. The maximum absolute atomic E-state index is 12.5. The first-order chi connectivity index (χ1) is 17.4. The highest BCUT2D eigenvalue weighted by molar-refractivity contribution is 6.08. The number of aromatic carboxylic acids is 1. The van der Waals surface area contributed by atoms with Crippen LogP contribution in [0.1, 0.15) is 37.5 Å². The highest BCUT2D eigenvalue weighted by Crippen LogP contribution is 2.28. The third kappa shape index (κ3) is 5.31. The van der Waals surface area contributed by atoms with E-state index >= 15 is 0 Å². The third-order valence-corrected chi connectivity index (χ3v) is 5.52. The normalized spacial score (nSPS) is 12.0. The monoisotopic (exact) mass is 488 g/mol. The molecule has 2 aromatic carbocycles. The van der Waals surface area contributed by atoms with Crippen molar-refractivity contribution in [2.45, 2.75) is 20.0 Å². The molecule has 36 heavy (non-hydrogen) atoms. The van der Waals surface area contributed by atoms with Gasteiger partial charge in [0.15, 0.2) is 12.3 Å². The fourth-order valence-corrected chi connectivity index (χ4v) is 3.62. The van der Waals surface area contributed by atoms with Gasteiger partial charge in [0, 0.05) is 19.3 Å². The van der Waals surface area contributed by atoms with Gasteiger partial charge in [-0.15, -0.1) is 0 Å². The minimum atomic E-state index is -1.15. The van der Waals surface area contributed by atoms with Gasteiger partial charge in [-0.3, -0.25) is 9.59 Å².